The van der Waals surface area contributed by atoms with E-state index in [4.69, 9.17) is 0 Å². The lowest BCUT2D eigenvalue weighted by molar-refractivity contribution is -0.141. The van der Waals surface area contributed by atoms with Crippen molar-refractivity contribution in [3.05, 3.63) is 17.8 Å². The summed E-state index contributed by atoms with van der Waals surface area (Å²) in [6.45, 7) is 4.64. The molecule has 1 aliphatic rings. The molecule has 0 aromatic carbocycles. The summed E-state index contributed by atoms with van der Waals surface area (Å²) >= 11 is 0. The molecule has 1 aromatic rings. The zero-order valence-corrected chi connectivity index (χ0v) is 11.5. The summed E-state index contributed by atoms with van der Waals surface area (Å²) in [6.07, 6.45) is -1.27. The van der Waals surface area contributed by atoms with Crippen LogP contribution >= 0.6 is 0 Å². The van der Waals surface area contributed by atoms with Crippen molar-refractivity contribution in [2.45, 2.75) is 38.4 Å². The van der Waals surface area contributed by atoms with Crippen molar-refractivity contribution in [1.82, 2.24) is 15.5 Å². The average molecular weight is 288 g/mol. The maximum absolute atomic E-state index is 12.4. The zero-order chi connectivity index (χ0) is 14.6. The first-order chi connectivity index (χ1) is 9.50. The van der Waals surface area contributed by atoms with Crippen LogP contribution in [0, 0.1) is 0 Å². The second-order valence-corrected chi connectivity index (χ2v) is 5.01. The first kappa shape index (κ1) is 15.0. The van der Waals surface area contributed by atoms with Crippen LogP contribution in [0.15, 0.2) is 12.1 Å². The van der Waals surface area contributed by atoms with Crippen LogP contribution in [0.3, 0.4) is 0 Å². The van der Waals surface area contributed by atoms with Gasteiger partial charge in [-0.05, 0) is 37.9 Å². The van der Waals surface area contributed by atoms with Gasteiger partial charge in [0.05, 0.1) is 0 Å². The second-order valence-electron chi connectivity index (χ2n) is 5.01. The highest BCUT2D eigenvalue weighted by atomic mass is 19.4. The third-order valence-corrected chi connectivity index (χ3v) is 3.37. The molecule has 0 radical (unpaired) electrons. The normalized spacial score (nSPS) is 20.2. The molecule has 1 aliphatic heterocycles. The van der Waals surface area contributed by atoms with E-state index < -0.39 is 11.9 Å². The quantitative estimate of drug-likeness (QED) is 0.924. The Labute approximate surface area is 116 Å². The van der Waals surface area contributed by atoms with Gasteiger partial charge in [0.25, 0.3) is 0 Å². The van der Waals surface area contributed by atoms with E-state index in [2.05, 4.69) is 22.4 Å². The third kappa shape index (κ3) is 3.82. The maximum atomic E-state index is 12.4. The molecule has 2 heterocycles. The molecule has 2 rings (SSSR count). The fourth-order valence-electron chi connectivity index (χ4n) is 2.35. The van der Waals surface area contributed by atoms with Gasteiger partial charge >= 0.3 is 6.18 Å². The number of piperidine rings is 1. The molecule has 112 valence electrons. The van der Waals surface area contributed by atoms with E-state index in [1.807, 2.05) is 4.90 Å². The number of hydrogen-bond acceptors (Lipinski definition) is 4. The number of nitrogens with one attached hydrogen (secondary N) is 1. The number of nitrogens with zero attached hydrogens (tertiary/aromatic N) is 3. The summed E-state index contributed by atoms with van der Waals surface area (Å²) < 4.78 is 37.3. The summed E-state index contributed by atoms with van der Waals surface area (Å²) in [6, 6.07) is 2.76. The molecule has 1 fully saturated rings. The molecule has 1 saturated heterocycles. The van der Waals surface area contributed by atoms with Crippen LogP contribution in [0.2, 0.25) is 0 Å². The van der Waals surface area contributed by atoms with Gasteiger partial charge in [-0.3, -0.25) is 0 Å². The molecule has 1 atom stereocenters. The van der Waals surface area contributed by atoms with E-state index in [0.717, 1.165) is 45.0 Å². The van der Waals surface area contributed by atoms with E-state index in [-0.39, 0.29) is 0 Å². The Morgan fingerprint density at radius 1 is 1.35 bits per heavy atom. The molecular weight excluding hydrogens is 269 g/mol. The van der Waals surface area contributed by atoms with Gasteiger partial charge in [-0.25, -0.2) is 0 Å². The van der Waals surface area contributed by atoms with Crippen molar-refractivity contribution in [1.29, 1.82) is 0 Å². The lowest BCUT2D eigenvalue weighted by Crippen LogP contribution is -2.46. The summed E-state index contributed by atoms with van der Waals surface area (Å²) in [4.78, 5) is 1.99. The highest BCUT2D eigenvalue weighted by molar-refractivity contribution is 5.38. The second kappa shape index (κ2) is 6.39. The van der Waals surface area contributed by atoms with Crippen LogP contribution in [0.25, 0.3) is 0 Å². The van der Waals surface area contributed by atoms with E-state index in [1.165, 1.54) is 6.07 Å². The molecule has 0 saturated carbocycles. The van der Waals surface area contributed by atoms with E-state index in [9.17, 15) is 13.2 Å². The van der Waals surface area contributed by atoms with Crippen LogP contribution in [-0.4, -0.2) is 35.9 Å². The van der Waals surface area contributed by atoms with Crippen LogP contribution in [0.4, 0.5) is 19.0 Å². The number of anilines is 1. The Bertz CT molecular complexity index is 419. The first-order valence-electron chi connectivity index (χ1n) is 6.90. The Kier molecular flexibility index (Phi) is 4.80. The Hall–Kier alpha value is -1.37. The Balaban J connectivity index is 2.00. The predicted molar refractivity (Wildman–Crippen MR) is 70.6 cm³/mol. The largest absolute Gasteiger partial charge is 0.435 e. The van der Waals surface area contributed by atoms with Crippen molar-refractivity contribution in [3.8, 4) is 0 Å². The predicted octanol–water partition coefficient (Wildman–Crippen LogP) is 2.46. The number of aromatic nitrogens is 2. The molecule has 0 bridgehead atoms. The Morgan fingerprint density at radius 3 is 2.75 bits per heavy atom. The van der Waals surface area contributed by atoms with Crippen molar-refractivity contribution in [2.75, 3.05) is 24.5 Å². The van der Waals surface area contributed by atoms with Crippen molar-refractivity contribution in [3.63, 3.8) is 0 Å². The molecule has 20 heavy (non-hydrogen) atoms. The highest BCUT2D eigenvalue weighted by Gasteiger charge is 2.33. The van der Waals surface area contributed by atoms with Gasteiger partial charge in [-0.1, -0.05) is 6.92 Å². The minimum absolute atomic E-state index is 0.368. The van der Waals surface area contributed by atoms with Crippen LogP contribution < -0.4 is 10.2 Å². The Morgan fingerprint density at radius 2 is 2.15 bits per heavy atom. The molecule has 4 nitrogen and oxygen atoms in total. The summed E-state index contributed by atoms with van der Waals surface area (Å²) in [7, 11) is 0. The molecule has 1 aromatic heterocycles. The number of alkyl halides is 3. The monoisotopic (exact) mass is 288 g/mol. The van der Waals surface area contributed by atoms with Crippen molar-refractivity contribution in [2.24, 2.45) is 0 Å². The van der Waals surface area contributed by atoms with Crippen molar-refractivity contribution >= 4 is 5.82 Å². The number of rotatable bonds is 4. The van der Waals surface area contributed by atoms with E-state index in [0.29, 0.717) is 11.9 Å². The third-order valence-electron chi connectivity index (χ3n) is 3.37. The molecule has 0 spiro atoms. The minimum atomic E-state index is -4.43. The number of hydrogen-bond donors (Lipinski definition) is 1. The first-order valence-corrected chi connectivity index (χ1v) is 6.90. The molecule has 7 heteroatoms. The lowest BCUT2D eigenvalue weighted by Gasteiger charge is -2.33. The van der Waals surface area contributed by atoms with Gasteiger partial charge in [0.1, 0.15) is 0 Å². The van der Waals surface area contributed by atoms with Gasteiger partial charge in [0.15, 0.2) is 11.5 Å². The molecular formula is C13H19F3N4. The average Bonchev–Trinajstić information content (AvgIpc) is 2.45. The lowest BCUT2D eigenvalue weighted by atomic mass is 10.1. The van der Waals surface area contributed by atoms with Gasteiger partial charge in [0, 0.05) is 19.1 Å². The standard InChI is InChI=1S/C13H19F3N4/c1-2-7-17-10-4-3-8-20(9-10)12-6-5-11(18-19-12)13(14,15)16/h5-6,10,17H,2-4,7-9H2,1H3. The fraction of sp³-hybridized carbons (Fsp3) is 0.692. The molecule has 0 amide bonds. The highest BCUT2D eigenvalue weighted by Crippen LogP contribution is 2.28. The maximum Gasteiger partial charge on any atom is 0.435 e. The molecule has 1 N–H and O–H groups in total. The summed E-state index contributed by atoms with van der Waals surface area (Å²) in [5.41, 5.74) is -0.945. The topological polar surface area (TPSA) is 41.0 Å². The summed E-state index contributed by atoms with van der Waals surface area (Å²) in [5.74, 6) is 0.515. The molecule has 1 unspecified atom stereocenters. The van der Waals surface area contributed by atoms with Gasteiger partial charge in [-0.2, -0.15) is 13.2 Å². The van der Waals surface area contributed by atoms with Crippen LogP contribution in [0.5, 0.6) is 0 Å². The van der Waals surface area contributed by atoms with Gasteiger partial charge < -0.3 is 10.2 Å². The number of halogens is 3. The fourth-order valence-corrected chi connectivity index (χ4v) is 2.35. The SMILES string of the molecule is CCCNC1CCCN(c2ccc(C(F)(F)F)nn2)C1. The summed E-state index contributed by atoms with van der Waals surface area (Å²) in [5, 5.41) is 10.4. The smallest absolute Gasteiger partial charge is 0.354 e. The zero-order valence-electron chi connectivity index (χ0n) is 11.5. The van der Waals surface area contributed by atoms with Crippen LogP contribution in [-0.2, 0) is 6.18 Å². The van der Waals surface area contributed by atoms with Crippen molar-refractivity contribution < 1.29 is 13.2 Å². The van der Waals surface area contributed by atoms with Gasteiger partial charge in [-0.15, -0.1) is 10.2 Å². The minimum Gasteiger partial charge on any atom is -0.354 e. The van der Waals surface area contributed by atoms with Gasteiger partial charge in [0.2, 0.25) is 0 Å². The van der Waals surface area contributed by atoms with Crippen LogP contribution in [0.1, 0.15) is 31.9 Å². The van der Waals surface area contributed by atoms with E-state index in [1.54, 1.807) is 0 Å². The molecule has 0 aliphatic carbocycles. The van der Waals surface area contributed by atoms with E-state index >= 15 is 0 Å².